The maximum Gasteiger partial charge on any atom is 0.193 e. The summed E-state index contributed by atoms with van der Waals surface area (Å²) in [6.45, 7) is 4.48. The van der Waals surface area contributed by atoms with Gasteiger partial charge < -0.3 is 25.3 Å². The zero-order valence-corrected chi connectivity index (χ0v) is 17.2. The van der Waals surface area contributed by atoms with E-state index in [1.807, 2.05) is 30.3 Å². The second-order valence-corrected chi connectivity index (χ2v) is 5.10. The predicted octanol–water partition coefficient (Wildman–Crippen LogP) is 3.81. The van der Waals surface area contributed by atoms with Gasteiger partial charge in [0.15, 0.2) is 5.96 Å². The molecule has 0 fully saturated rings. The molecule has 7 heteroatoms. The van der Waals surface area contributed by atoms with E-state index in [1.54, 1.807) is 32.4 Å². The Morgan fingerprint density at radius 3 is 2.62 bits per heavy atom. The summed E-state index contributed by atoms with van der Waals surface area (Å²) in [5.41, 5.74) is 7.62. The summed E-state index contributed by atoms with van der Waals surface area (Å²) >= 11 is 0. The zero-order chi connectivity index (χ0) is 18.1. The smallest absolute Gasteiger partial charge is 0.193 e. The number of halogens is 1. The van der Waals surface area contributed by atoms with Crippen molar-refractivity contribution in [2.24, 2.45) is 10.7 Å². The third-order valence-electron chi connectivity index (χ3n) is 3.42. The summed E-state index contributed by atoms with van der Waals surface area (Å²) in [4.78, 5) is 4.37. The fraction of sp³-hybridized carbons (Fsp3) is 0.211. The van der Waals surface area contributed by atoms with Crippen molar-refractivity contribution in [2.75, 3.05) is 26.1 Å². The summed E-state index contributed by atoms with van der Waals surface area (Å²) in [6, 6.07) is 13.1. The molecule has 0 heterocycles. The van der Waals surface area contributed by atoms with Crippen molar-refractivity contribution < 1.29 is 14.2 Å². The highest BCUT2D eigenvalue weighted by molar-refractivity contribution is 14.0. The number of anilines is 1. The van der Waals surface area contributed by atoms with Gasteiger partial charge in [0.2, 0.25) is 0 Å². The lowest BCUT2D eigenvalue weighted by Crippen LogP contribution is -2.23. The third kappa shape index (κ3) is 6.14. The van der Waals surface area contributed by atoms with Crippen LogP contribution in [0.15, 0.2) is 60.1 Å². The van der Waals surface area contributed by atoms with Crippen LogP contribution in [-0.2, 0) is 6.54 Å². The van der Waals surface area contributed by atoms with Gasteiger partial charge in [-0.1, -0.05) is 30.9 Å². The molecule has 6 nitrogen and oxygen atoms in total. The van der Waals surface area contributed by atoms with Gasteiger partial charge in [0.25, 0.3) is 0 Å². The molecule has 0 unspecified atom stereocenters. The van der Waals surface area contributed by atoms with Crippen LogP contribution in [0.2, 0.25) is 0 Å². The highest BCUT2D eigenvalue weighted by Crippen LogP contribution is 2.28. The van der Waals surface area contributed by atoms with E-state index < -0.39 is 0 Å². The Kier molecular flexibility index (Phi) is 9.35. The molecular formula is C19H24IN3O3. The summed E-state index contributed by atoms with van der Waals surface area (Å²) in [6.07, 6.45) is 1.70. The van der Waals surface area contributed by atoms with Crippen LogP contribution < -0.4 is 25.3 Å². The highest BCUT2D eigenvalue weighted by atomic mass is 127. The normalized spacial score (nSPS) is 10.5. The van der Waals surface area contributed by atoms with E-state index in [0.29, 0.717) is 30.3 Å². The molecule has 3 N–H and O–H groups in total. The van der Waals surface area contributed by atoms with Crippen LogP contribution >= 0.6 is 24.0 Å². The number of para-hydroxylation sites is 1. The van der Waals surface area contributed by atoms with Crippen LogP contribution in [-0.4, -0.2) is 26.8 Å². The van der Waals surface area contributed by atoms with E-state index in [1.165, 1.54) is 0 Å². The molecule has 0 amide bonds. The molecule has 0 aliphatic rings. The molecule has 2 aromatic rings. The number of hydrogen-bond donors (Lipinski definition) is 2. The SMILES string of the molecule is C=CCOc1ccccc1CN=C(N)Nc1cc(OC)ccc1OC.I. The number of nitrogens with two attached hydrogens (primary N) is 1. The van der Waals surface area contributed by atoms with Gasteiger partial charge in [-0.05, 0) is 18.2 Å². The lowest BCUT2D eigenvalue weighted by Gasteiger charge is -2.12. The molecule has 2 rings (SSSR count). The Labute approximate surface area is 171 Å². The Bertz CT molecular complexity index is 751. The molecular weight excluding hydrogens is 445 g/mol. The third-order valence-corrected chi connectivity index (χ3v) is 3.42. The number of aliphatic imine (C=N–C) groups is 1. The van der Waals surface area contributed by atoms with E-state index in [4.69, 9.17) is 19.9 Å². The van der Waals surface area contributed by atoms with Crippen LogP contribution in [0.4, 0.5) is 5.69 Å². The van der Waals surface area contributed by atoms with Crippen LogP contribution in [0, 0.1) is 0 Å². The van der Waals surface area contributed by atoms with E-state index in [-0.39, 0.29) is 29.9 Å². The van der Waals surface area contributed by atoms with Crippen LogP contribution in [0.3, 0.4) is 0 Å². The van der Waals surface area contributed by atoms with Crippen LogP contribution in [0.5, 0.6) is 17.2 Å². The Morgan fingerprint density at radius 1 is 1.15 bits per heavy atom. The first-order valence-corrected chi connectivity index (χ1v) is 7.78. The Morgan fingerprint density at radius 2 is 1.92 bits per heavy atom. The van der Waals surface area contributed by atoms with E-state index >= 15 is 0 Å². The summed E-state index contributed by atoms with van der Waals surface area (Å²) in [7, 11) is 3.19. The molecule has 0 aliphatic carbocycles. The first-order chi connectivity index (χ1) is 12.2. The van der Waals surface area contributed by atoms with E-state index in [9.17, 15) is 0 Å². The number of nitrogens with one attached hydrogen (secondary N) is 1. The lowest BCUT2D eigenvalue weighted by molar-refractivity contribution is 0.359. The second kappa shape index (κ2) is 11.2. The predicted molar refractivity (Wildman–Crippen MR) is 116 cm³/mol. The van der Waals surface area contributed by atoms with Gasteiger partial charge in [0.05, 0.1) is 26.5 Å². The van der Waals surface area contributed by atoms with Gasteiger partial charge in [-0.15, -0.1) is 24.0 Å². The topological polar surface area (TPSA) is 78.1 Å². The number of hydrogen-bond acceptors (Lipinski definition) is 4. The molecule has 0 spiro atoms. The van der Waals surface area contributed by atoms with Crippen molar-refractivity contribution in [1.82, 2.24) is 0 Å². The fourth-order valence-electron chi connectivity index (χ4n) is 2.18. The molecule has 0 saturated heterocycles. The quantitative estimate of drug-likeness (QED) is 0.266. The highest BCUT2D eigenvalue weighted by Gasteiger charge is 2.07. The van der Waals surface area contributed by atoms with Gasteiger partial charge in [0.1, 0.15) is 23.9 Å². The van der Waals surface area contributed by atoms with Crippen LogP contribution in [0.25, 0.3) is 0 Å². The number of methoxy groups -OCH3 is 2. The maximum absolute atomic E-state index is 6.00. The standard InChI is InChI=1S/C19H23N3O3.HI/c1-4-11-25-17-8-6-5-7-14(17)13-21-19(20)22-16-12-15(23-2)9-10-18(16)24-3;/h4-10,12H,1,11,13H2,2-3H3,(H3,20,21,22);1H. The minimum absolute atomic E-state index is 0. The largest absolute Gasteiger partial charge is 0.497 e. The Hall–Kier alpha value is -2.42. The number of ether oxygens (including phenoxy) is 3. The first kappa shape index (κ1) is 21.6. The molecule has 0 atom stereocenters. The van der Waals surface area contributed by atoms with Crippen molar-refractivity contribution in [3.05, 3.63) is 60.7 Å². The molecule has 0 aromatic heterocycles. The van der Waals surface area contributed by atoms with Crippen LogP contribution in [0.1, 0.15) is 5.56 Å². The fourth-order valence-corrected chi connectivity index (χ4v) is 2.18. The summed E-state index contributed by atoms with van der Waals surface area (Å²) < 4.78 is 16.2. The van der Waals surface area contributed by atoms with Gasteiger partial charge >= 0.3 is 0 Å². The number of rotatable bonds is 8. The zero-order valence-electron chi connectivity index (χ0n) is 14.9. The molecule has 0 radical (unpaired) electrons. The average Bonchev–Trinajstić information content (AvgIpc) is 2.65. The minimum atomic E-state index is 0. The van der Waals surface area contributed by atoms with Crippen molar-refractivity contribution in [1.29, 1.82) is 0 Å². The summed E-state index contributed by atoms with van der Waals surface area (Å²) in [5, 5.41) is 3.03. The first-order valence-electron chi connectivity index (χ1n) is 7.78. The van der Waals surface area contributed by atoms with Gasteiger partial charge in [-0.3, -0.25) is 0 Å². The number of nitrogens with zero attached hydrogens (tertiary/aromatic N) is 1. The average molecular weight is 469 g/mol. The summed E-state index contributed by atoms with van der Waals surface area (Å²) in [5.74, 6) is 2.37. The molecule has 140 valence electrons. The van der Waals surface area contributed by atoms with Gasteiger partial charge in [-0.2, -0.15) is 0 Å². The van der Waals surface area contributed by atoms with E-state index in [2.05, 4.69) is 16.9 Å². The lowest BCUT2D eigenvalue weighted by atomic mass is 10.2. The van der Waals surface area contributed by atoms with Crippen molar-refractivity contribution in [3.63, 3.8) is 0 Å². The molecule has 0 bridgehead atoms. The number of benzene rings is 2. The molecule has 0 aliphatic heterocycles. The molecule has 0 saturated carbocycles. The number of guanidine groups is 1. The maximum atomic E-state index is 6.00. The van der Waals surface area contributed by atoms with Crippen molar-refractivity contribution >= 4 is 35.6 Å². The molecule has 26 heavy (non-hydrogen) atoms. The minimum Gasteiger partial charge on any atom is -0.497 e. The van der Waals surface area contributed by atoms with Crippen molar-refractivity contribution in [3.8, 4) is 17.2 Å². The second-order valence-electron chi connectivity index (χ2n) is 5.10. The van der Waals surface area contributed by atoms with Gasteiger partial charge in [0, 0.05) is 11.6 Å². The monoisotopic (exact) mass is 469 g/mol. The van der Waals surface area contributed by atoms with Gasteiger partial charge in [-0.25, -0.2) is 4.99 Å². The van der Waals surface area contributed by atoms with Crippen molar-refractivity contribution in [2.45, 2.75) is 6.54 Å². The molecule has 2 aromatic carbocycles. The Balaban J connectivity index is 0.00000338. The van der Waals surface area contributed by atoms with E-state index in [0.717, 1.165) is 11.3 Å².